The molecule has 16 heavy (non-hydrogen) atoms. The first kappa shape index (κ1) is 13.2. The summed E-state index contributed by atoms with van der Waals surface area (Å²) in [5.74, 6) is 0.0378. The van der Waals surface area contributed by atoms with Crippen LogP contribution >= 0.6 is 11.3 Å². The highest BCUT2D eigenvalue weighted by molar-refractivity contribution is 7.11. The van der Waals surface area contributed by atoms with Gasteiger partial charge in [0.2, 0.25) is 5.91 Å². The number of aryl methyl sites for hydroxylation is 1. The fraction of sp³-hybridized carbons (Fsp3) is 0.583. The Labute approximate surface area is 101 Å². The van der Waals surface area contributed by atoms with E-state index in [9.17, 15) is 4.79 Å². The van der Waals surface area contributed by atoms with Crippen molar-refractivity contribution in [2.75, 3.05) is 0 Å². The first-order valence-corrected chi connectivity index (χ1v) is 6.39. The molecule has 1 aromatic heterocycles. The molecule has 0 aliphatic rings. The summed E-state index contributed by atoms with van der Waals surface area (Å²) in [5, 5.41) is 2.96. The summed E-state index contributed by atoms with van der Waals surface area (Å²) >= 11 is 1.78. The maximum Gasteiger partial charge on any atom is 0.221 e. The predicted molar refractivity (Wildman–Crippen MR) is 68.6 cm³/mol. The van der Waals surface area contributed by atoms with Crippen LogP contribution in [0.3, 0.4) is 0 Å². The summed E-state index contributed by atoms with van der Waals surface area (Å²) in [6.45, 7) is 5.95. The number of thiophene rings is 1. The normalized spacial score (nSPS) is 14.5. The van der Waals surface area contributed by atoms with Crippen LogP contribution in [0, 0.1) is 6.92 Å². The van der Waals surface area contributed by atoms with Gasteiger partial charge in [-0.1, -0.05) is 0 Å². The molecule has 0 radical (unpaired) electrons. The molecule has 2 atom stereocenters. The monoisotopic (exact) mass is 240 g/mol. The maximum atomic E-state index is 11.5. The van der Waals surface area contributed by atoms with E-state index in [1.54, 1.807) is 11.3 Å². The third-order valence-electron chi connectivity index (χ3n) is 2.22. The van der Waals surface area contributed by atoms with E-state index >= 15 is 0 Å². The Morgan fingerprint density at radius 2 is 2.19 bits per heavy atom. The van der Waals surface area contributed by atoms with Crippen LogP contribution in [-0.4, -0.2) is 18.0 Å². The van der Waals surface area contributed by atoms with E-state index in [0.717, 1.165) is 6.42 Å². The third-order valence-corrected chi connectivity index (χ3v) is 3.24. The lowest BCUT2D eigenvalue weighted by Gasteiger charge is -2.13. The number of carbonyl (C=O) groups is 1. The number of amides is 1. The molecule has 0 saturated heterocycles. The molecule has 0 aliphatic carbocycles. The zero-order chi connectivity index (χ0) is 12.1. The van der Waals surface area contributed by atoms with Crippen molar-refractivity contribution >= 4 is 17.2 Å². The van der Waals surface area contributed by atoms with Crippen LogP contribution < -0.4 is 11.1 Å². The minimum Gasteiger partial charge on any atom is -0.353 e. The number of hydrogen-bond acceptors (Lipinski definition) is 3. The number of nitrogens with two attached hydrogens (primary N) is 1. The standard InChI is InChI=1S/C12H20N2OS/c1-8(13)6-12(15)14-9(2)7-11-5-4-10(3)16-11/h4-5,8-9H,6-7,13H2,1-3H3,(H,14,15). The van der Waals surface area contributed by atoms with E-state index in [2.05, 4.69) is 24.4 Å². The number of carbonyl (C=O) groups excluding carboxylic acids is 1. The summed E-state index contributed by atoms with van der Waals surface area (Å²) in [6.07, 6.45) is 1.29. The summed E-state index contributed by atoms with van der Waals surface area (Å²) in [5.41, 5.74) is 5.57. The second kappa shape index (κ2) is 6.01. The molecule has 4 heteroatoms. The Morgan fingerprint density at radius 1 is 1.50 bits per heavy atom. The molecular weight excluding hydrogens is 220 g/mol. The van der Waals surface area contributed by atoms with Gasteiger partial charge in [0.1, 0.15) is 0 Å². The van der Waals surface area contributed by atoms with Gasteiger partial charge in [-0.25, -0.2) is 0 Å². The fourth-order valence-electron chi connectivity index (χ4n) is 1.57. The Hall–Kier alpha value is -0.870. The SMILES string of the molecule is Cc1ccc(CC(C)NC(=O)CC(C)N)s1. The van der Waals surface area contributed by atoms with E-state index in [0.29, 0.717) is 6.42 Å². The Morgan fingerprint density at radius 3 is 2.69 bits per heavy atom. The van der Waals surface area contributed by atoms with Crippen molar-refractivity contribution in [3.8, 4) is 0 Å². The van der Waals surface area contributed by atoms with Crippen LogP contribution in [0.25, 0.3) is 0 Å². The fourth-order valence-corrected chi connectivity index (χ4v) is 2.59. The molecule has 0 spiro atoms. The minimum atomic E-state index is -0.0730. The highest BCUT2D eigenvalue weighted by Gasteiger charge is 2.10. The minimum absolute atomic E-state index is 0.0378. The van der Waals surface area contributed by atoms with Crippen LogP contribution in [0.1, 0.15) is 30.0 Å². The van der Waals surface area contributed by atoms with E-state index < -0.39 is 0 Å². The average molecular weight is 240 g/mol. The van der Waals surface area contributed by atoms with Crippen molar-refractivity contribution in [3.63, 3.8) is 0 Å². The van der Waals surface area contributed by atoms with Crippen LogP contribution in [0.5, 0.6) is 0 Å². The first-order chi connectivity index (χ1) is 7.47. The Kier molecular flexibility index (Phi) is 4.96. The lowest BCUT2D eigenvalue weighted by Crippen LogP contribution is -2.36. The summed E-state index contributed by atoms with van der Waals surface area (Å²) in [6, 6.07) is 4.32. The van der Waals surface area contributed by atoms with Crippen molar-refractivity contribution in [3.05, 3.63) is 21.9 Å². The van der Waals surface area contributed by atoms with Gasteiger partial charge in [-0.2, -0.15) is 0 Å². The van der Waals surface area contributed by atoms with E-state index in [1.165, 1.54) is 9.75 Å². The predicted octanol–water partition coefficient (Wildman–Crippen LogP) is 1.84. The number of hydrogen-bond donors (Lipinski definition) is 2. The molecule has 1 rings (SSSR count). The van der Waals surface area contributed by atoms with Gasteiger partial charge in [0.05, 0.1) is 0 Å². The molecule has 0 aromatic carbocycles. The van der Waals surface area contributed by atoms with Gasteiger partial charge in [0.15, 0.2) is 0 Å². The lowest BCUT2D eigenvalue weighted by atomic mass is 10.2. The molecule has 0 aliphatic heterocycles. The van der Waals surface area contributed by atoms with Gasteiger partial charge < -0.3 is 11.1 Å². The molecule has 1 aromatic rings. The van der Waals surface area contributed by atoms with E-state index in [-0.39, 0.29) is 18.0 Å². The molecule has 1 amide bonds. The molecule has 0 fully saturated rings. The quantitative estimate of drug-likeness (QED) is 0.825. The van der Waals surface area contributed by atoms with Gasteiger partial charge in [0.25, 0.3) is 0 Å². The Balaban J connectivity index is 2.35. The van der Waals surface area contributed by atoms with Crippen LogP contribution in [0.15, 0.2) is 12.1 Å². The highest BCUT2D eigenvalue weighted by atomic mass is 32.1. The first-order valence-electron chi connectivity index (χ1n) is 5.57. The zero-order valence-electron chi connectivity index (χ0n) is 10.1. The zero-order valence-corrected chi connectivity index (χ0v) is 10.9. The van der Waals surface area contributed by atoms with Gasteiger partial charge in [0, 0.05) is 34.7 Å². The van der Waals surface area contributed by atoms with Gasteiger partial charge in [-0.15, -0.1) is 11.3 Å². The number of nitrogens with one attached hydrogen (secondary N) is 1. The summed E-state index contributed by atoms with van der Waals surface area (Å²) in [4.78, 5) is 14.1. The molecule has 0 bridgehead atoms. The van der Waals surface area contributed by atoms with Crippen LogP contribution in [0.4, 0.5) is 0 Å². The largest absolute Gasteiger partial charge is 0.353 e. The molecular formula is C12H20N2OS. The molecule has 90 valence electrons. The van der Waals surface area contributed by atoms with Crippen LogP contribution in [-0.2, 0) is 11.2 Å². The second-order valence-electron chi connectivity index (χ2n) is 4.37. The second-order valence-corrected chi connectivity index (χ2v) is 5.74. The summed E-state index contributed by atoms with van der Waals surface area (Å²) < 4.78 is 0. The van der Waals surface area contributed by atoms with Crippen molar-refractivity contribution in [1.82, 2.24) is 5.32 Å². The lowest BCUT2D eigenvalue weighted by molar-refractivity contribution is -0.121. The van der Waals surface area contributed by atoms with Gasteiger partial charge in [-0.3, -0.25) is 4.79 Å². The summed E-state index contributed by atoms with van der Waals surface area (Å²) in [7, 11) is 0. The van der Waals surface area contributed by atoms with E-state index in [4.69, 9.17) is 5.73 Å². The van der Waals surface area contributed by atoms with Crippen molar-refractivity contribution in [2.24, 2.45) is 5.73 Å². The third kappa shape index (κ3) is 4.77. The molecule has 2 unspecified atom stereocenters. The van der Waals surface area contributed by atoms with Crippen molar-refractivity contribution in [1.29, 1.82) is 0 Å². The maximum absolute atomic E-state index is 11.5. The molecule has 3 nitrogen and oxygen atoms in total. The smallest absolute Gasteiger partial charge is 0.221 e. The molecule has 0 saturated carbocycles. The average Bonchev–Trinajstić information content (AvgIpc) is 2.48. The van der Waals surface area contributed by atoms with Gasteiger partial charge in [-0.05, 0) is 32.9 Å². The molecule has 1 heterocycles. The molecule has 3 N–H and O–H groups in total. The Bertz CT molecular complexity index is 347. The van der Waals surface area contributed by atoms with Crippen molar-refractivity contribution in [2.45, 2.75) is 45.7 Å². The van der Waals surface area contributed by atoms with Crippen molar-refractivity contribution < 1.29 is 4.79 Å². The number of rotatable bonds is 5. The topological polar surface area (TPSA) is 55.1 Å². The van der Waals surface area contributed by atoms with Gasteiger partial charge >= 0.3 is 0 Å². The van der Waals surface area contributed by atoms with E-state index in [1.807, 2.05) is 13.8 Å². The van der Waals surface area contributed by atoms with Crippen LogP contribution in [0.2, 0.25) is 0 Å². The highest BCUT2D eigenvalue weighted by Crippen LogP contribution is 2.16.